The first kappa shape index (κ1) is 6.95. The molecule has 0 saturated carbocycles. The van der Waals surface area contributed by atoms with Gasteiger partial charge in [0.05, 0.1) is 0 Å². The van der Waals surface area contributed by atoms with Gasteiger partial charge in [-0.05, 0) is 0 Å². The van der Waals surface area contributed by atoms with E-state index in [2.05, 4.69) is 12.6 Å². The van der Waals surface area contributed by atoms with Crippen LogP contribution in [0.15, 0.2) is 0 Å². The molecule has 7 heavy (non-hydrogen) atoms. The van der Waals surface area contributed by atoms with Crippen molar-refractivity contribution >= 4 is 30.1 Å². The van der Waals surface area contributed by atoms with Gasteiger partial charge in [-0.1, -0.05) is 0 Å². The van der Waals surface area contributed by atoms with Crippen molar-refractivity contribution in [2.24, 2.45) is 0 Å². The standard InChI is InChI=1S/C4H7BOS/c1-3(5-2)4(6)7/h1-2H3,(H,6,7). The maximum absolute atomic E-state index is 10.2. The Balaban J connectivity index is 3.82. The second-order valence-electron chi connectivity index (χ2n) is 1.28. The summed E-state index contributed by atoms with van der Waals surface area (Å²) in [6, 6.07) is 0. The maximum atomic E-state index is 10.2. The van der Waals surface area contributed by atoms with Gasteiger partial charge in [-0.3, -0.25) is 0 Å². The van der Waals surface area contributed by atoms with Crippen molar-refractivity contribution in [3.05, 3.63) is 0 Å². The summed E-state index contributed by atoms with van der Waals surface area (Å²) in [4.78, 5) is 10.2. The van der Waals surface area contributed by atoms with Gasteiger partial charge in [-0.2, -0.15) is 0 Å². The van der Waals surface area contributed by atoms with Crippen LogP contribution in [0.1, 0.15) is 6.92 Å². The van der Waals surface area contributed by atoms with Crippen molar-refractivity contribution in [3.8, 4) is 0 Å². The van der Waals surface area contributed by atoms with E-state index in [1.807, 2.05) is 6.82 Å². The van der Waals surface area contributed by atoms with Crippen molar-refractivity contribution in [3.63, 3.8) is 0 Å². The van der Waals surface area contributed by atoms with Crippen LogP contribution in [0.5, 0.6) is 0 Å². The molecular weight excluding hydrogens is 107 g/mol. The number of carbonyl (C=O) groups is 1. The van der Waals surface area contributed by atoms with E-state index in [-0.39, 0.29) is 5.12 Å². The topological polar surface area (TPSA) is 17.1 Å². The Morgan fingerprint density at radius 2 is 2.14 bits per heavy atom. The van der Waals surface area contributed by atoms with Crippen LogP contribution < -0.4 is 0 Å². The summed E-state index contributed by atoms with van der Waals surface area (Å²) in [5.41, 5.74) is 0.698. The van der Waals surface area contributed by atoms with Crippen molar-refractivity contribution in [1.82, 2.24) is 0 Å². The Morgan fingerprint density at radius 1 is 1.71 bits per heavy atom. The summed E-state index contributed by atoms with van der Waals surface area (Å²) in [6.07, 6.45) is 0. The van der Waals surface area contributed by atoms with Gasteiger partial charge in [-0.15, -0.1) is 0 Å². The third-order valence-corrected chi connectivity index (χ3v) is 1.12. The predicted octanol–water partition coefficient (Wildman–Crippen LogP) is 0.387. The summed E-state index contributed by atoms with van der Waals surface area (Å²) in [6.45, 7) is 5.27. The van der Waals surface area contributed by atoms with E-state index < -0.39 is 0 Å². The van der Waals surface area contributed by atoms with Gasteiger partial charge in [0.25, 0.3) is 0 Å². The molecule has 0 heterocycles. The van der Waals surface area contributed by atoms with Gasteiger partial charge in [0, 0.05) is 0 Å². The summed E-state index contributed by atoms with van der Waals surface area (Å²) in [5, 5.41) is -0.150. The van der Waals surface area contributed by atoms with Crippen LogP contribution in [-0.4, -0.2) is 17.5 Å². The van der Waals surface area contributed by atoms with E-state index >= 15 is 0 Å². The van der Waals surface area contributed by atoms with Crippen molar-refractivity contribution in [2.45, 2.75) is 13.7 Å². The number of rotatable bonds is 1. The molecule has 0 unspecified atom stereocenters. The fourth-order valence-electron chi connectivity index (χ4n) is 0.123. The first-order valence-corrected chi connectivity index (χ1v) is 2.49. The Bertz CT molecular complexity index is 108. The van der Waals surface area contributed by atoms with Gasteiger partial charge in [0.1, 0.15) is 0 Å². The van der Waals surface area contributed by atoms with Gasteiger partial charge >= 0.3 is 48.7 Å². The number of hydrogen-bond donors (Lipinski definition) is 1. The monoisotopic (exact) mass is 114 g/mol. The SMILES string of the molecule is CB=C(C)C(=O)S. The molecule has 0 rings (SSSR count). The van der Waals surface area contributed by atoms with Crippen LogP contribution in [-0.2, 0) is 4.79 Å². The van der Waals surface area contributed by atoms with Gasteiger partial charge < -0.3 is 0 Å². The average molecular weight is 114 g/mol. The predicted molar refractivity (Wildman–Crippen MR) is 36.3 cm³/mol. The summed E-state index contributed by atoms with van der Waals surface area (Å²) >= 11 is 3.57. The number of hydrogen-bond acceptors (Lipinski definition) is 1. The van der Waals surface area contributed by atoms with Gasteiger partial charge in [0.15, 0.2) is 0 Å². The van der Waals surface area contributed by atoms with Crippen LogP contribution >= 0.6 is 12.6 Å². The fraction of sp³-hybridized carbons (Fsp3) is 0.500. The molecule has 0 aromatic carbocycles. The number of thiol groups is 1. The van der Waals surface area contributed by atoms with Crippen LogP contribution in [0.25, 0.3) is 0 Å². The summed E-state index contributed by atoms with van der Waals surface area (Å²) < 4.78 is 0. The second kappa shape index (κ2) is 3.02. The Kier molecular flexibility index (Phi) is 3.00. The molecule has 0 atom stereocenters. The molecule has 3 heteroatoms. The zero-order valence-electron chi connectivity index (χ0n) is 4.43. The summed E-state index contributed by atoms with van der Waals surface area (Å²) in [5.74, 6) is 0. The minimum absolute atomic E-state index is 0.150. The molecule has 0 aromatic heterocycles. The first-order valence-electron chi connectivity index (χ1n) is 2.04. The zero-order chi connectivity index (χ0) is 5.86. The van der Waals surface area contributed by atoms with E-state index in [1.54, 1.807) is 13.8 Å². The number of carbonyl (C=O) groups excluding carboxylic acids is 1. The molecule has 0 bridgehead atoms. The molecule has 0 amide bonds. The molecule has 1 nitrogen and oxygen atoms in total. The van der Waals surface area contributed by atoms with E-state index in [0.29, 0.717) is 5.46 Å². The molecule has 0 radical (unpaired) electrons. The van der Waals surface area contributed by atoms with Crippen LogP contribution in [0, 0.1) is 0 Å². The Morgan fingerprint density at radius 3 is 2.14 bits per heavy atom. The second-order valence-corrected chi connectivity index (χ2v) is 1.68. The molecule has 0 spiro atoms. The molecule has 0 aliphatic carbocycles. The molecule has 0 saturated heterocycles. The molecule has 0 aliphatic heterocycles. The van der Waals surface area contributed by atoms with Crippen LogP contribution in [0.2, 0.25) is 6.82 Å². The van der Waals surface area contributed by atoms with E-state index in [1.165, 1.54) is 0 Å². The molecule has 0 N–H and O–H groups in total. The Hall–Kier alpha value is -0.0451. The zero-order valence-corrected chi connectivity index (χ0v) is 5.33. The van der Waals surface area contributed by atoms with Crippen LogP contribution in [0.4, 0.5) is 0 Å². The summed E-state index contributed by atoms with van der Waals surface area (Å²) in [7, 11) is 0. The van der Waals surface area contributed by atoms with E-state index in [0.717, 1.165) is 0 Å². The van der Waals surface area contributed by atoms with Crippen molar-refractivity contribution in [1.29, 1.82) is 0 Å². The average Bonchev–Trinajstić information content (AvgIpc) is 1.65. The molecule has 0 aromatic rings. The first-order chi connectivity index (χ1) is 3.18. The van der Waals surface area contributed by atoms with Crippen molar-refractivity contribution in [2.75, 3.05) is 0 Å². The Labute approximate surface area is 49.4 Å². The van der Waals surface area contributed by atoms with E-state index in [4.69, 9.17) is 0 Å². The van der Waals surface area contributed by atoms with Crippen LogP contribution in [0.3, 0.4) is 0 Å². The van der Waals surface area contributed by atoms with E-state index in [9.17, 15) is 4.79 Å². The van der Waals surface area contributed by atoms with Gasteiger partial charge in [-0.25, -0.2) is 0 Å². The van der Waals surface area contributed by atoms with Crippen molar-refractivity contribution < 1.29 is 4.79 Å². The third-order valence-electron chi connectivity index (χ3n) is 0.770. The quantitative estimate of drug-likeness (QED) is 0.385. The molecular formula is C4H7BOS. The fourth-order valence-corrected chi connectivity index (χ4v) is 0.253. The van der Waals surface area contributed by atoms with Gasteiger partial charge in [0.2, 0.25) is 0 Å². The molecule has 0 fully saturated rings. The molecule has 38 valence electrons. The third kappa shape index (κ3) is 2.63. The minimum atomic E-state index is -0.150. The molecule has 0 aliphatic rings. The normalized spacial score (nSPS) is 10.4.